The average molecular weight is 281 g/mol. The van der Waals surface area contributed by atoms with E-state index in [1.54, 1.807) is 0 Å². The lowest BCUT2D eigenvalue weighted by atomic mass is 10.0. The fourth-order valence-corrected chi connectivity index (χ4v) is 2.92. The van der Waals surface area contributed by atoms with Crippen LogP contribution >= 0.6 is 0 Å². The van der Waals surface area contributed by atoms with Crippen molar-refractivity contribution in [3.05, 3.63) is 65.5 Å². The molecule has 3 heteroatoms. The van der Waals surface area contributed by atoms with E-state index < -0.39 is 0 Å². The first-order chi connectivity index (χ1) is 10.4. The number of nitrogens with one attached hydrogen (secondary N) is 1. The summed E-state index contributed by atoms with van der Waals surface area (Å²) in [4.78, 5) is 6.88. The zero-order valence-electron chi connectivity index (χ0n) is 12.5. The van der Waals surface area contributed by atoms with E-state index in [0.717, 1.165) is 31.9 Å². The minimum Gasteiger partial charge on any atom is -0.310 e. The summed E-state index contributed by atoms with van der Waals surface area (Å²) in [5, 5.41) is 3.49. The van der Waals surface area contributed by atoms with Crippen molar-refractivity contribution in [2.24, 2.45) is 0 Å². The second-order valence-electron chi connectivity index (χ2n) is 5.65. The van der Waals surface area contributed by atoms with Crippen LogP contribution < -0.4 is 5.32 Å². The van der Waals surface area contributed by atoms with Crippen LogP contribution in [0.15, 0.2) is 48.7 Å². The zero-order chi connectivity index (χ0) is 14.3. The normalized spacial score (nSPS) is 15.4. The summed E-state index contributed by atoms with van der Waals surface area (Å²) < 4.78 is 0. The number of hydrogen-bond donors (Lipinski definition) is 1. The van der Waals surface area contributed by atoms with Crippen molar-refractivity contribution in [2.75, 3.05) is 19.6 Å². The Bertz CT molecular complexity index is 553. The van der Waals surface area contributed by atoms with Crippen LogP contribution in [0.2, 0.25) is 0 Å². The van der Waals surface area contributed by atoms with Crippen molar-refractivity contribution in [2.45, 2.75) is 25.9 Å². The SMILES string of the molecule is c1ccc(CNCCN2CCCc3ccccc3C2)nc1. The van der Waals surface area contributed by atoms with E-state index in [-0.39, 0.29) is 0 Å². The molecule has 0 unspecified atom stereocenters. The van der Waals surface area contributed by atoms with E-state index in [2.05, 4.69) is 45.5 Å². The molecule has 0 amide bonds. The molecular formula is C18H23N3. The topological polar surface area (TPSA) is 28.2 Å². The van der Waals surface area contributed by atoms with Gasteiger partial charge in [0.15, 0.2) is 0 Å². The second-order valence-corrected chi connectivity index (χ2v) is 5.65. The predicted octanol–water partition coefficient (Wildman–Crippen LogP) is 2.62. The lowest BCUT2D eigenvalue weighted by Gasteiger charge is -2.20. The first-order valence-electron chi connectivity index (χ1n) is 7.81. The number of hydrogen-bond acceptors (Lipinski definition) is 3. The first kappa shape index (κ1) is 14.2. The van der Waals surface area contributed by atoms with Crippen molar-refractivity contribution in [1.29, 1.82) is 0 Å². The maximum absolute atomic E-state index is 4.33. The van der Waals surface area contributed by atoms with Crippen LogP contribution in [0, 0.1) is 0 Å². The Morgan fingerprint density at radius 2 is 1.90 bits per heavy atom. The molecule has 0 bridgehead atoms. The molecule has 3 nitrogen and oxygen atoms in total. The summed E-state index contributed by atoms with van der Waals surface area (Å²) >= 11 is 0. The summed E-state index contributed by atoms with van der Waals surface area (Å²) in [6, 6.07) is 14.9. The number of aromatic nitrogens is 1. The Labute approximate surface area is 127 Å². The molecule has 0 radical (unpaired) electrons. The van der Waals surface area contributed by atoms with Gasteiger partial charge in [-0.2, -0.15) is 0 Å². The molecule has 1 aliphatic heterocycles. The quantitative estimate of drug-likeness (QED) is 0.854. The van der Waals surface area contributed by atoms with Crippen LogP contribution in [0.25, 0.3) is 0 Å². The Hall–Kier alpha value is -1.71. The summed E-state index contributed by atoms with van der Waals surface area (Å²) in [5.74, 6) is 0. The molecule has 0 saturated carbocycles. The second kappa shape index (κ2) is 7.34. The molecule has 1 aromatic carbocycles. The van der Waals surface area contributed by atoms with Crippen LogP contribution in [-0.4, -0.2) is 29.5 Å². The summed E-state index contributed by atoms with van der Waals surface area (Å²) in [6.07, 6.45) is 4.33. The van der Waals surface area contributed by atoms with Crippen LogP contribution in [0.1, 0.15) is 23.2 Å². The highest BCUT2D eigenvalue weighted by molar-refractivity contribution is 5.27. The highest BCUT2D eigenvalue weighted by Gasteiger charge is 2.13. The summed E-state index contributed by atoms with van der Waals surface area (Å²) in [7, 11) is 0. The molecule has 0 spiro atoms. The fraction of sp³-hybridized carbons (Fsp3) is 0.389. The van der Waals surface area contributed by atoms with E-state index in [1.807, 2.05) is 18.3 Å². The van der Waals surface area contributed by atoms with Crippen molar-refractivity contribution in [3.63, 3.8) is 0 Å². The largest absolute Gasteiger partial charge is 0.310 e. The van der Waals surface area contributed by atoms with Crippen LogP contribution in [0.4, 0.5) is 0 Å². The number of fused-ring (bicyclic) bond motifs is 1. The van der Waals surface area contributed by atoms with Gasteiger partial charge in [0, 0.05) is 32.4 Å². The van der Waals surface area contributed by atoms with E-state index in [0.29, 0.717) is 0 Å². The maximum Gasteiger partial charge on any atom is 0.0541 e. The number of rotatable bonds is 5. The summed E-state index contributed by atoms with van der Waals surface area (Å²) in [5.41, 5.74) is 4.14. The van der Waals surface area contributed by atoms with Crippen molar-refractivity contribution in [3.8, 4) is 0 Å². The molecule has 1 aromatic heterocycles. The number of pyridine rings is 1. The molecule has 0 atom stereocenters. The Balaban J connectivity index is 1.45. The maximum atomic E-state index is 4.33. The predicted molar refractivity (Wildman–Crippen MR) is 86.0 cm³/mol. The minimum absolute atomic E-state index is 0.852. The number of aryl methyl sites for hydroxylation is 1. The van der Waals surface area contributed by atoms with E-state index in [1.165, 1.54) is 30.5 Å². The third-order valence-corrected chi connectivity index (χ3v) is 4.07. The molecule has 2 heterocycles. The molecule has 21 heavy (non-hydrogen) atoms. The molecule has 2 aromatic rings. The molecule has 0 fully saturated rings. The fourth-order valence-electron chi connectivity index (χ4n) is 2.92. The Morgan fingerprint density at radius 3 is 2.76 bits per heavy atom. The van der Waals surface area contributed by atoms with Crippen LogP contribution in [-0.2, 0) is 19.5 Å². The number of benzene rings is 1. The molecule has 3 rings (SSSR count). The zero-order valence-corrected chi connectivity index (χ0v) is 12.5. The third kappa shape index (κ3) is 4.13. The number of nitrogens with zero attached hydrogens (tertiary/aromatic N) is 2. The van der Waals surface area contributed by atoms with Gasteiger partial charge in [-0.25, -0.2) is 0 Å². The first-order valence-corrected chi connectivity index (χ1v) is 7.81. The smallest absolute Gasteiger partial charge is 0.0541 e. The van der Waals surface area contributed by atoms with Gasteiger partial charge in [-0.3, -0.25) is 9.88 Å². The Morgan fingerprint density at radius 1 is 1.05 bits per heavy atom. The lowest BCUT2D eigenvalue weighted by molar-refractivity contribution is 0.269. The van der Waals surface area contributed by atoms with Crippen LogP contribution in [0.3, 0.4) is 0 Å². The highest BCUT2D eigenvalue weighted by Crippen LogP contribution is 2.17. The van der Waals surface area contributed by atoms with Gasteiger partial charge in [-0.15, -0.1) is 0 Å². The van der Waals surface area contributed by atoms with E-state index in [4.69, 9.17) is 0 Å². The molecule has 110 valence electrons. The minimum atomic E-state index is 0.852. The summed E-state index contributed by atoms with van der Waals surface area (Å²) in [6.45, 7) is 5.24. The van der Waals surface area contributed by atoms with Gasteiger partial charge in [-0.05, 0) is 42.6 Å². The van der Waals surface area contributed by atoms with Gasteiger partial charge in [-0.1, -0.05) is 30.3 Å². The van der Waals surface area contributed by atoms with Gasteiger partial charge in [0.2, 0.25) is 0 Å². The molecular weight excluding hydrogens is 258 g/mol. The standard InChI is InChI=1S/C18H23N3/c1-2-7-17-15-21(12-5-8-16(17)6-1)13-11-19-14-18-9-3-4-10-20-18/h1-4,6-7,9-10,19H,5,8,11-15H2. The molecule has 1 aliphatic rings. The highest BCUT2D eigenvalue weighted by atomic mass is 15.1. The molecule has 1 N–H and O–H groups in total. The van der Waals surface area contributed by atoms with Gasteiger partial charge >= 0.3 is 0 Å². The van der Waals surface area contributed by atoms with Gasteiger partial charge in [0.1, 0.15) is 0 Å². The van der Waals surface area contributed by atoms with Gasteiger partial charge in [0.05, 0.1) is 5.69 Å². The van der Waals surface area contributed by atoms with Crippen molar-refractivity contribution in [1.82, 2.24) is 15.2 Å². The monoisotopic (exact) mass is 281 g/mol. The van der Waals surface area contributed by atoms with E-state index >= 15 is 0 Å². The average Bonchev–Trinajstić information content (AvgIpc) is 2.74. The van der Waals surface area contributed by atoms with Crippen molar-refractivity contribution < 1.29 is 0 Å². The van der Waals surface area contributed by atoms with Crippen molar-refractivity contribution >= 4 is 0 Å². The lowest BCUT2D eigenvalue weighted by Crippen LogP contribution is -2.31. The molecule has 0 saturated heterocycles. The van der Waals surface area contributed by atoms with E-state index in [9.17, 15) is 0 Å². The van der Waals surface area contributed by atoms with Gasteiger partial charge in [0.25, 0.3) is 0 Å². The van der Waals surface area contributed by atoms with Crippen LogP contribution in [0.5, 0.6) is 0 Å². The Kier molecular flexibility index (Phi) is 4.98. The molecule has 0 aliphatic carbocycles. The van der Waals surface area contributed by atoms with Gasteiger partial charge < -0.3 is 5.32 Å². The third-order valence-electron chi connectivity index (χ3n) is 4.07.